The van der Waals surface area contributed by atoms with E-state index in [4.69, 9.17) is 11.9 Å². The number of amides is 1. The van der Waals surface area contributed by atoms with Gasteiger partial charge in [0.25, 0.3) is 5.91 Å². The van der Waals surface area contributed by atoms with Crippen LogP contribution in [0.4, 0.5) is 5.69 Å². The number of nitrogens with one attached hydrogen (secondary N) is 2. The highest BCUT2D eigenvalue weighted by atomic mass is 16.5. The normalized spacial score (nSPS) is 12.4. The molecule has 0 fully saturated rings. The van der Waals surface area contributed by atoms with E-state index in [0.717, 1.165) is 46.0 Å². The molecule has 0 saturated carbocycles. The van der Waals surface area contributed by atoms with Crippen LogP contribution in [0.2, 0.25) is 0 Å². The summed E-state index contributed by atoms with van der Waals surface area (Å²) in [5.41, 5.74) is 5.60. The number of aryl methyl sites for hydroxylation is 2. The first-order valence-corrected chi connectivity index (χ1v) is 14.4. The smallest absolute Gasteiger partial charge is 0.305 e. The van der Waals surface area contributed by atoms with Crippen molar-refractivity contribution in [1.82, 2.24) is 4.90 Å². The maximum absolute atomic E-state index is 13.9. The minimum absolute atomic E-state index is 0.121. The van der Waals surface area contributed by atoms with Crippen molar-refractivity contribution >= 4 is 28.5 Å². The maximum Gasteiger partial charge on any atom is 0.305 e. The number of ether oxygens (including phenoxy) is 1. The summed E-state index contributed by atoms with van der Waals surface area (Å²) in [4.78, 5) is 30.3. The topological polar surface area (TPSA) is 85.8 Å². The Bertz CT molecular complexity index is 1700. The van der Waals surface area contributed by atoms with Gasteiger partial charge in [0.05, 0.1) is 15.9 Å². The molecular formula is C34H42N3O4+. The molecule has 0 aromatic heterocycles. The molecule has 2 aromatic rings. The molecule has 216 valence electrons. The summed E-state index contributed by atoms with van der Waals surface area (Å²) in [6, 6.07) is 12.0. The van der Waals surface area contributed by atoms with Crippen molar-refractivity contribution in [3.63, 3.8) is 0 Å². The Kier molecular flexibility index (Phi) is 8.90. The zero-order chi connectivity index (χ0) is 31.3. The van der Waals surface area contributed by atoms with Crippen LogP contribution in [0.1, 0.15) is 63.8 Å². The minimum atomic E-state index is -0.222. The second-order valence-electron chi connectivity index (χ2n) is 10.3. The highest BCUT2D eigenvalue weighted by molar-refractivity contribution is 6.09. The molecule has 0 unspecified atom stereocenters. The molecule has 2 N–H and O–H groups in total. The third kappa shape index (κ3) is 6.62. The van der Waals surface area contributed by atoms with E-state index in [1.807, 2.05) is 64.1 Å². The fourth-order valence-corrected chi connectivity index (χ4v) is 5.15. The summed E-state index contributed by atoms with van der Waals surface area (Å²) in [5, 5.41) is 4.69. The number of unbranched alkanes of at least 4 members (excludes halogenated alkanes) is 2. The van der Waals surface area contributed by atoms with E-state index in [-0.39, 0.29) is 24.0 Å². The first kappa shape index (κ1) is 27.1. The maximum atomic E-state index is 13.9. The number of benzene rings is 3. The standard InChI is InChI=1S/C34H41N3O4/c1-7-35-28-20-30-26(18-22(28)3)33(27-19-23(4)29(36-8-2)21-31(27)41-30)24-14-11-12-15-25(24)34(39)37(5)17-13-9-10-16-32(38)40-6/h11-12,14-15,18-21,35H,7-10,13,16-17H2,1-6H3/p+1/i20D,21D. The van der Waals surface area contributed by atoms with Crippen LogP contribution >= 0.6 is 0 Å². The molecular weight excluding hydrogens is 514 g/mol. The predicted molar refractivity (Wildman–Crippen MR) is 164 cm³/mol. The van der Waals surface area contributed by atoms with Crippen molar-refractivity contribution in [3.8, 4) is 22.5 Å². The SMILES string of the molecule is [2H]c1c2oc3c([2H])c(NCC)c(C)cc3c(-c3ccccc3C(=O)N(C)CCCCCC(=O)OC)c-2cc(C)c1=[NH+]CC. The third-order valence-corrected chi connectivity index (χ3v) is 7.30. The van der Waals surface area contributed by atoms with E-state index in [9.17, 15) is 9.59 Å². The minimum Gasteiger partial charge on any atom is -0.469 e. The lowest BCUT2D eigenvalue weighted by molar-refractivity contribution is -0.496. The molecule has 7 heteroatoms. The summed E-state index contributed by atoms with van der Waals surface area (Å²) < 4.78 is 29.3. The molecule has 41 heavy (non-hydrogen) atoms. The van der Waals surface area contributed by atoms with Crippen molar-refractivity contribution in [1.29, 1.82) is 0 Å². The van der Waals surface area contributed by atoms with Crippen molar-refractivity contribution in [2.24, 2.45) is 0 Å². The van der Waals surface area contributed by atoms with E-state index in [1.165, 1.54) is 7.11 Å². The van der Waals surface area contributed by atoms with Gasteiger partial charge in [-0.2, -0.15) is 0 Å². The van der Waals surface area contributed by atoms with Crippen molar-refractivity contribution in [2.45, 2.75) is 53.4 Å². The molecule has 0 atom stereocenters. The summed E-state index contributed by atoms with van der Waals surface area (Å²) in [6.07, 6.45) is 2.66. The van der Waals surface area contributed by atoms with Crippen LogP contribution < -0.4 is 15.7 Å². The number of carbonyl (C=O) groups excluding carboxylic acids is 2. The number of rotatable bonds is 11. The molecule has 1 aliphatic carbocycles. The van der Waals surface area contributed by atoms with Gasteiger partial charge in [-0.15, -0.1) is 0 Å². The van der Waals surface area contributed by atoms with E-state index < -0.39 is 0 Å². The van der Waals surface area contributed by atoms with Gasteiger partial charge in [-0.05, 0) is 69.9 Å². The van der Waals surface area contributed by atoms with Gasteiger partial charge in [-0.25, -0.2) is 4.99 Å². The number of hydrogen-bond acceptors (Lipinski definition) is 5. The number of esters is 1. The average molecular weight is 559 g/mol. The molecule has 1 amide bonds. The van der Waals surface area contributed by atoms with E-state index in [2.05, 4.69) is 10.3 Å². The first-order chi connectivity index (χ1) is 20.6. The van der Waals surface area contributed by atoms with Crippen LogP contribution in [0.15, 0.2) is 52.9 Å². The van der Waals surface area contributed by atoms with Gasteiger partial charge >= 0.3 is 5.97 Å². The Morgan fingerprint density at radius 1 is 1.05 bits per heavy atom. The highest BCUT2D eigenvalue weighted by Crippen LogP contribution is 2.43. The zero-order valence-corrected chi connectivity index (χ0v) is 25.0. The van der Waals surface area contributed by atoms with Gasteiger partial charge in [-0.1, -0.05) is 24.6 Å². The van der Waals surface area contributed by atoms with E-state index >= 15 is 0 Å². The fraction of sp³-hybridized carbons (Fsp3) is 0.382. The molecule has 1 heterocycles. The van der Waals surface area contributed by atoms with Gasteiger partial charge in [0.15, 0.2) is 0 Å². The molecule has 4 rings (SSSR count). The average Bonchev–Trinajstić information content (AvgIpc) is 3.00. The number of anilines is 1. The largest absolute Gasteiger partial charge is 0.469 e. The number of hydrogen-bond donors (Lipinski definition) is 2. The molecule has 0 saturated heterocycles. The predicted octanol–water partition coefficient (Wildman–Crippen LogP) is 5.06. The Morgan fingerprint density at radius 2 is 1.83 bits per heavy atom. The quantitative estimate of drug-likeness (QED) is 0.153. The van der Waals surface area contributed by atoms with E-state index in [1.54, 1.807) is 11.9 Å². The molecule has 2 aliphatic rings. The molecule has 2 aromatic carbocycles. The van der Waals surface area contributed by atoms with Crippen molar-refractivity contribution in [3.05, 3.63) is 70.5 Å². The highest BCUT2D eigenvalue weighted by Gasteiger charge is 2.24. The van der Waals surface area contributed by atoms with Gasteiger partial charge in [0.1, 0.15) is 17.9 Å². The van der Waals surface area contributed by atoms with Crippen molar-refractivity contribution < 1.29 is 26.5 Å². The van der Waals surface area contributed by atoms with Gasteiger partial charge in [-0.3, -0.25) is 9.59 Å². The Hall–Kier alpha value is -4.13. The second kappa shape index (κ2) is 13.5. The van der Waals surface area contributed by atoms with Crippen LogP contribution in [0.5, 0.6) is 0 Å². The van der Waals surface area contributed by atoms with E-state index in [0.29, 0.717) is 60.4 Å². The Balaban J connectivity index is 1.91. The lowest BCUT2D eigenvalue weighted by Gasteiger charge is -2.22. The van der Waals surface area contributed by atoms with Gasteiger partial charge in [0, 0.05) is 65.9 Å². The summed E-state index contributed by atoms with van der Waals surface area (Å²) in [5.74, 6) is 0.0228. The Morgan fingerprint density at radius 3 is 2.56 bits per heavy atom. The van der Waals surface area contributed by atoms with Crippen LogP contribution in [-0.2, 0) is 9.53 Å². The number of nitrogens with zero attached hydrogens (tertiary/aromatic N) is 1. The molecule has 7 nitrogen and oxygen atoms in total. The number of fused-ring (bicyclic) bond motifs is 2. The summed E-state index contributed by atoms with van der Waals surface area (Å²) in [7, 11) is 3.18. The molecule has 1 aliphatic heterocycles. The molecule has 0 spiro atoms. The Labute approximate surface area is 245 Å². The third-order valence-electron chi connectivity index (χ3n) is 7.30. The monoisotopic (exact) mass is 558 g/mol. The van der Waals surface area contributed by atoms with Crippen molar-refractivity contribution in [2.75, 3.05) is 39.1 Å². The number of methoxy groups -OCH3 is 1. The number of carbonyl (C=O) groups is 2. The second-order valence-corrected chi connectivity index (χ2v) is 10.3. The molecule has 0 radical (unpaired) electrons. The summed E-state index contributed by atoms with van der Waals surface area (Å²) in [6.45, 7) is 9.74. The van der Waals surface area contributed by atoms with Crippen LogP contribution in [-0.4, -0.2) is 50.6 Å². The van der Waals surface area contributed by atoms with Crippen LogP contribution in [0.3, 0.4) is 0 Å². The van der Waals surface area contributed by atoms with Gasteiger partial charge in [0.2, 0.25) is 5.36 Å². The lowest BCUT2D eigenvalue weighted by atomic mass is 9.89. The first-order valence-electron chi connectivity index (χ1n) is 15.4. The van der Waals surface area contributed by atoms with Crippen LogP contribution in [0, 0.1) is 13.8 Å². The van der Waals surface area contributed by atoms with Crippen LogP contribution in [0.25, 0.3) is 33.4 Å². The fourth-order valence-electron chi connectivity index (χ4n) is 5.15. The van der Waals surface area contributed by atoms with Gasteiger partial charge < -0.3 is 19.4 Å². The summed E-state index contributed by atoms with van der Waals surface area (Å²) >= 11 is 0. The lowest BCUT2D eigenvalue weighted by Crippen LogP contribution is -2.76. The molecule has 0 bridgehead atoms. The zero-order valence-electron chi connectivity index (χ0n) is 27.0.